The zero-order valence-corrected chi connectivity index (χ0v) is 13.0. The van der Waals surface area contributed by atoms with Crippen molar-refractivity contribution in [2.45, 2.75) is 12.5 Å². The van der Waals surface area contributed by atoms with Crippen LogP contribution in [0.15, 0.2) is 46.5 Å². The van der Waals surface area contributed by atoms with E-state index in [-0.39, 0.29) is 6.04 Å². The van der Waals surface area contributed by atoms with Gasteiger partial charge in [-0.15, -0.1) is 22.7 Å². The summed E-state index contributed by atoms with van der Waals surface area (Å²) in [7, 11) is 0. The third kappa shape index (κ3) is 3.30. The summed E-state index contributed by atoms with van der Waals surface area (Å²) >= 11 is 9.28. The Labute approximate surface area is 130 Å². The van der Waals surface area contributed by atoms with Gasteiger partial charge in [-0.1, -0.05) is 11.6 Å². The second-order valence-corrected chi connectivity index (χ2v) is 6.95. The lowest BCUT2D eigenvalue weighted by Gasteiger charge is -2.14. The minimum Gasteiger partial charge on any atom is -0.467 e. The summed E-state index contributed by atoms with van der Waals surface area (Å²) in [4.78, 5) is 5.45. The van der Waals surface area contributed by atoms with E-state index in [1.165, 1.54) is 0 Å². The second kappa shape index (κ2) is 6.54. The summed E-state index contributed by atoms with van der Waals surface area (Å²) in [6.45, 7) is 0.842. The van der Waals surface area contributed by atoms with Crippen LogP contribution in [0.25, 0.3) is 0 Å². The summed E-state index contributed by atoms with van der Waals surface area (Å²) in [6.07, 6.45) is 4.44. The summed E-state index contributed by atoms with van der Waals surface area (Å²) < 4.78 is 6.33. The maximum atomic E-state index is 6.03. The molecule has 0 saturated carbocycles. The Morgan fingerprint density at radius 3 is 2.95 bits per heavy atom. The van der Waals surface area contributed by atoms with E-state index >= 15 is 0 Å². The van der Waals surface area contributed by atoms with Gasteiger partial charge in [-0.3, -0.25) is 0 Å². The summed E-state index contributed by atoms with van der Waals surface area (Å²) in [5, 5.41) is 6.65. The molecule has 1 N–H and O–H groups in total. The Balaban J connectivity index is 1.70. The van der Waals surface area contributed by atoms with E-state index in [9.17, 15) is 0 Å². The van der Waals surface area contributed by atoms with Gasteiger partial charge in [0.2, 0.25) is 0 Å². The molecule has 3 heterocycles. The molecule has 0 saturated heterocycles. The van der Waals surface area contributed by atoms with Crippen LogP contribution >= 0.6 is 34.3 Å². The lowest BCUT2D eigenvalue weighted by Crippen LogP contribution is -2.23. The lowest BCUT2D eigenvalue weighted by molar-refractivity contribution is 0.451. The average molecular weight is 325 g/mol. The Hall–Kier alpha value is -1.14. The SMILES string of the molecule is Clc1ccc(C(NCCc2nccs2)c2ccco2)s1. The van der Waals surface area contributed by atoms with Crippen LogP contribution < -0.4 is 5.32 Å². The number of hydrogen-bond acceptors (Lipinski definition) is 5. The maximum absolute atomic E-state index is 6.03. The van der Waals surface area contributed by atoms with Gasteiger partial charge in [0.15, 0.2) is 0 Å². The minimum atomic E-state index is 0.0439. The molecule has 0 aliphatic rings. The number of nitrogens with one attached hydrogen (secondary N) is 1. The van der Waals surface area contributed by atoms with Gasteiger partial charge in [-0.25, -0.2) is 4.98 Å². The zero-order chi connectivity index (χ0) is 13.8. The number of nitrogens with zero attached hydrogens (tertiary/aromatic N) is 1. The van der Waals surface area contributed by atoms with E-state index in [2.05, 4.69) is 10.3 Å². The smallest absolute Gasteiger partial charge is 0.126 e. The van der Waals surface area contributed by atoms with Crippen LogP contribution in [-0.4, -0.2) is 11.5 Å². The third-order valence-corrected chi connectivity index (χ3v) is 5.01. The van der Waals surface area contributed by atoms with Gasteiger partial charge in [0, 0.05) is 29.4 Å². The Kier molecular flexibility index (Phi) is 4.52. The summed E-state index contributed by atoms with van der Waals surface area (Å²) in [5.41, 5.74) is 0. The molecule has 0 aliphatic carbocycles. The quantitative estimate of drug-likeness (QED) is 0.731. The molecule has 6 heteroatoms. The summed E-state index contributed by atoms with van der Waals surface area (Å²) in [6, 6.07) is 7.88. The maximum Gasteiger partial charge on any atom is 0.126 e. The molecule has 3 rings (SSSR count). The number of rotatable bonds is 6. The fourth-order valence-electron chi connectivity index (χ4n) is 1.98. The number of aromatic nitrogens is 1. The molecule has 3 aromatic rings. The van der Waals surface area contributed by atoms with E-state index in [0.29, 0.717) is 0 Å². The molecule has 0 amide bonds. The minimum absolute atomic E-state index is 0.0439. The predicted molar refractivity (Wildman–Crippen MR) is 83.7 cm³/mol. The number of furan rings is 1. The Morgan fingerprint density at radius 1 is 1.35 bits per heavy atom. The largest absolute Gasteiger partial charge is 0.467 e. The molecule has 0 aromatic carbocycles. The molecule has 3 aromatic heterocycles. The van der Waals surface area contributed by atoms with Gasteiger partial charge in [0.25, 0.3) is 0 Å². The van der Waals surface area contributed by atoms with Crippen molar-refractivity contribution >= 4 is 34.3 Å². The number of halogens is 1. The number of hydrogen-bond donors (Lipinski definition) is 1. The van der Waals surface area contributed by atoms with Gasteiger partial charge in [-0.05, 0) is 24.3 Å². The fraction of sp³-hybridized carbons (Fsp3) is 0.214. The van der Waals surface area contributed by atoms with Crippen molar-refractivity contribution in [3.05, 3.63) is 62.1 Å². The van der Waals surface area contributed by atoms with Gasteiger partial charge in [-0.2, -0.15) is 0 Å². The fourth-order valence-corrected chi connectivity index (χ4v) is 3.75. The van der Waals surface area contributed by atoms with Crippen molar-refractivity contribution in [1.82, 2.24) is 10.3 Å². The zero-order valence-electron chi connectivity index (χ0n) is 10.6. The summed E-state index contributed by atoms with van der Waals surface area (Å²) in [5.74, 6) is 0.905. The highest BCUT2D eigenvalue weighted by molar-refractivity contribution is 7.16. The second-order valence-electron chi connectivity index (χ2n) is 4.22. The lowest BCUT2D eigenvalue weighted by atomic mass is 10.2. The Bertz CT molecular complexity index is 634. The first-order valence-electron chi connectivity index (χ1n) is 6.23. The molecular weight excluding hydrogens is 312 g/mol. The molecular formula is C14H13ClN2OS2. The number of thiazole rings is 1. The van der Waals surface area contributed by atoms with Crippen LogP contribution in [0.1, 0.15) is 21.7 Å². The highest BCUT2D eigenvalue weighted by Gasteiger charge is 2.18. The van der Waals surface area contributed by atoms with E-state index < -0.39 is 0 Å². The van der Waals surface area contributed by atoms with Crippen LogP contribution in [-0.2, 0) is 6.42 Å². The molecule has 3 nitrogen and oxygen atoms in total. The third-order valence-electron chi connectivity index (χ3n) is 2.88. The monoisotopic (exact) mass is 324 g/mol. The van der Waals surface area contributed by atoms with Crippen molar-refractivity contribution in [2.24, 2.45) is 0 Å². The van der Waals surface area contributed by atoms with Gasteiger partial charge in [0.05, 0.1) is 15.6 Å². The van der Waals surface area contributed by atoms with Crippen LogP contribution in [0.3, 0.4) is 0 Å². The Morgan fingerprint density at radius 2 is 2.30 bits per heavy atom. The molecule has 1 atom stereocenters. The van der Waals surface area contributed by atoms with E-state index in [4.69, 9.17) is 16.0 Å². The molecule has 0 spiro atoms. The van der Waals surface area contributed by atoms with Crippen LogP contribution in [0.2, 0.25) is 4.34 Å². The molecule has 1 unspecified atom stereocenters. The van der Waals surface area contributed by atoms with Crippen LogP contribution in [0, 0.1) is 0 Å². The first-order valence-corrected chi connectivity index (χ1v) is 8.31. The van der Waals surface area contributed by atoms with Gasteiger partial charge < -0.3 is 9.73 Å². The van der Waals surface area contributed by atoms with E-state index in [1.807, 2.05) is 35.8 Å². The molecule has 104 valence electrons. The normalized spacial score (nSPS) is 12.7. The molecule has 0 radical (unpaired) electrons. The van der Waals surface area contributed by atoms with Gasteiger partial charge >= 0.3 is 0 Å². The average Bonchev–Trinajstić information content (AvgIpc) is 3.17. The molecule has 0 bridgehead atoms. The topological polar surface area (TPSA) is 38.1 Å². The predicted octanol–water partition coefficient (Wildman–Crippen LogP) is 4.37. The highest BCUT2D eigenvalue weighted by atomic mass is 35.5. The molecule has 20 heavy (non-hydrogen) atoms. The van der Waals surface area contributed by atoms with Crippen molar-refractivity contribution < 1.29 is 4.42 Å². The standard InChI is InChI=1S/C14H13ClN2OS2/c15-12-4-3-11(20-12)14(10-2-1-8-18-10)17-6-5-13-16-7-9-19-13/h1-4,7-9,14,17H,5-6H2. The number of thiophene rings is 1. The molecule has 0 aliphatic heterocycles. The van der Waals surface area contributed by atoms with Crippen LogP contribution in [0.4, 0.5) is 0 Å². The van der Waals surface area contributed by atoms with Crippen molar-refractivity contribution in [3.63, 3.8) is 0 Å². The van der Waals surface area contributed by atoms with E-state index in [1.54, 1.807) is 28.9 Å². The van der Waals surface area contributed by atoms with Crippen LogP contribution in [0.5, 0.6) is 0 Å². The van der Waals surface area contributed by atoms with Gasteiger partial charge in [0.1, 0.15) is 11.8 Å². The molecule has 0 fully saturated rings. The first kappa shape index (κ1) is 13.8. The van der Waals surface area contributed by atoms with Crippen molar-refractivity contribution in [2.75, 3.05) is 6.54 Å². The highest BCUT2D eigenvalue weighted by Crippen LogP contribution is 2.31. The first-order chi connectivity index (χ1) is 9.83. The van der Waals surface area contributed by atoms with Crippen molar-refractivity contribution in [1.29, 1.82) is 0 Å². The van der Waals surface area contributed by atoms with Crippen molar-refractivity contribution in [3.8, 4) is 0 Å². The van der Waals surface area contributed by atoms with E-state index in [0.717, 1.165) is 32.9 Å².